The summed E-state index contributed by atoms with van der Waals surface area (Å²) in [6.07, 6.45) is 4.39. The van der Waals surface area contributed by atoms with Crippen molar-refractivity contribution in [1.82, 2.24) is 10.2 Å². The van der Waals surface area contributed by atoms with Gasteiger partial charge in [-0.15, -0.1) is 0 Å². The van der Waals surface area contributed by atoms with Crippen LogP contribution in [-0.2, 0) is 16.0 Å². The van der Waals surface area contributed by atoms with Crippen molar-refractivity contribution in [1.29, 1.82) is 0 Å². The van der Waals surface area contributed by atoms with Crippen molar-refractivity contribution >= 4 is 11.8 Å². The number of benzene rings is 1. The molecule has 0 aromatic heterocycles. The number of rotatable bonds is 1. The second-order valence-corrected chi connectivity index (χ2v) is 7.40. The van der Waals surface area contributed by atoms with E-state index in [9.17, 15) is 14.7 Å². The molecule has 5 nitrogen and oxygen atoms in total. The molecule has 0 unspecified atom stereocenters. The highest BCUT2D eigenvalue weighted by atomic mass is 16.3. The van der Waals surface area contributed by atoms with Crippen molar-refractivity contribution in [3.63, 3.8) is 0 Å². The van der Waals surface area contributed by atoms with Gasteiger partial charge in [-0.3, -0.25) is 9.59 Å². The first-order valence-corrected chi connectivity index (χ1v) is 8.99. The van der Waals surface area contributed by atoms with Crippen LogP contribution >= 0.6 is 0 Å². The number of aliphatic hydroxyl groups is 1. The maximum atomic E-state index is 12.5. The number of aliphatic hydroxyl groups excluding tert-OH is 1. The van der Waals surface area contributed by atoms with Crippen LogP contribution in [0.3, 0.4) is 0 Å². The van der Waals surface area contributed by atoms with E-state index in [2.05, 4.69) is 11.4 Å². The molecule has 0 spiro atoms. The van der Waals surface area contributed by atoms with Gasteiger partial charge in [-0.05, 0) is 49.1 Å². The average Bonchev–Trinajstić information content (AvgIpc) is 3.17. The lowest BCUT2D eigenvalue weighted by atomic mass is 9.88. The summed E-state index contributed by atoms with van der Waals surface area (Å²) in [4.78, 5) is 26.6. The van der Waals surface area contributed by atoms with Crippen molar-refractivity contribution in [2.45, 2.75) is 44.2 Å². The Balaban J connectivity index is 1.41. The van der Waals surface area contributed by atoms with Gasteiger partial charge < -0.3 is 15.3 Å². The van der Waals surface area contributed by atoms with Gasteiger partial charge in [-0.2, -0.15) is 0 Å². The zero-order valence-corrected chi connectivity index (χ0v) is 13.8. The van der Waals surface area contributed by atoms with Crippen LogP contribution in [0.15, 0.2) is 24.3 Å². The fourth-order valence-corrected chi connectivity index (χ4v) is 4.67. The summed E-state index contributed by atoms with van der Waals surface area (Å²) < 4.78 is 0. The fraction of sp³-hybridized carbons (Fsp3) is 0.579. The molecule has 24 heavy (non-hydrogen) atoms. The molecule has 1 saturated heterocycles. The van der Waals surface area contributed by atoms with Gasteiger partial charge in [-0.1, -0.05) is 24.3 Å². The smallest absolute Gasteiger partial charge is 0.311 e. The zero-order chi connectivity index (χ0) is 16.7. The molecule has 2 amide bonds. The van der Waals surface area contributed by atoms with Crippen LogP contribution < -0.4 is 5.32 Å². The molecule has 0 bridgehead atoms. The van der Waals surface area contributed by atoms with E-state index in [0.717, 1.165) is 37.7 Å². The summed E-state index contributed by atoms with van der Waals surface area (Å²) in [5.74, 6) is -0.449. The molecular weight excluding hydrogens is 304 g/mol. The number of carbonyl (C=O) groups is 2. The Morgan fingerprint density at radius 1 is 1.12 bits per heavy atom. The summed E-state index contributed by atoms with van der Waals surface area (Å²) in [6.45, 7) is 1.12. The lowest BCUT2D eigenvalue weighted by molar-refractivity contribution is -0.145. The van der Waals surface area contributed by atoms with Crippen LogP contribution in [0.4, 0.5) is 0 Å². The number of amides is 2. The molecule has 1 aromatic carbocycles. The molecule has 2 aliphatic carbocycles. The third-order valence-electron chi connectivity index (χ3n) is 5.98. The number of hydrogen-bond acceptors (Lipinski definition) is 3. The Morgan fingerprint density at radius 3 is 2.79 bits per heavy atom. The SMILES string of the molecule is O=C(N[C@@H]1CCCc2ccccc21)C(=O)N1C[C@H]2CC[C@@H](O)[C@H]2C1. The number of fused-ring (bicyclic) bond motifs is 2. The normalized spacial score (nSPS) is 31.5. The van der Waals surface area contributed by atoms with E-state index in [1.54, 1.807) is 4.90 Å². The second kappa shape index (κ2) is 6.20. The number of aryl methyl sites for hydroxylation is 1. The minimum atomic E-state index is -0.508. The number of nitrogens with zero attached hydrogens (tertiary/aromatic N) is 1. The minimum absolute atomic E-state index is 0.0703. The molecule has 4 atom stereocenters. The van der Waals surface area contributed by atoms with Gasteiger partial charge in [0.1, 0.15) is 0 Å². The first kappa shape index (κ1) is 15.6. The van der Waals surface area contributed by atoms with Crippen LogP contribution in [0.1, 0.15) is 42.9 Å². The number of nitrogens with one attached hydrogen (secondary N) is 1. The highest BCUT2D eigenvalue weighted by Crippen LogP contribution is 2.38. The van der Waals surface area contributed by atoms with Gasteiger partial charge in [-0.25, -0.2) is 0 Å². The average molecular weight is 328 g/mol. The van der Waals surface area contributed by atoms with E-state index in [-0.39, 0.29) is 18.1 Å². The number of carbonyl (C=O) groups excluding carboxylic acids is 2. The van der Waals surface area contributed by atoms with Crippen molar-refractivity contribution < 1.29 is 14.7 Å². The molecule has 0 radical (unpaired) electrons. The quantitative estimate of drug-likeness (QED) is 0.766. The van der Waals surface area contributed by atoms with Gasteiger partial charge in [0.15, 0.2) is 0 Å². The standard InChI is InChI=1S/C19H24N2O3/c22-17-9-8-13-10-21(11-15(13)17)19(24)18(23)20-16-7-3-5-12-4-1-2-6-14(12)16/h1-2,4,6,13,15-17,22H,3,5,7-11H2,(H,20,23)/t13-,15+,16-,17-/m1/s1. The van der Waals surface area contributed by atoms with Crippen molar-refractivity contribution in [3.8, 4) is 0 Å². The van der Waals surface area contributed by atoms with Gasteiger partial charge in [0.2, 0.25) is 0 Å². The monoisotopic (exact) mass is 328 g/mol. The maximum Gasteiger partial charge on any atom is 0.311 e. The van der Waals surface area contributed by atoms with E-state index in [1.165, 1.54) is 5.56 Å². The van der Waals surface area contributed by atoms with Crippen molar-refractivity contribution in [3.05, 3.63) is 35.4 Å². The Labute approximate surface area is 142 Å². The van der Waals surface area contributed by atoms with Crippen molar-refractivity contribution in [2.75, 3.05) is 13.1 Å². The Hall–Kier alpha value is -1.88. The number of hydrogen-bond donors (Lipinski definition) is 2. The van der Waals surface area contributed by atoms with E-state index >= 15 is 0 Å². The fourth-order valence-electron chi connectivity index (χ4n) is 4.67. The summed E-state index contributed by atoms with van der Waals surface area (Å²) in [6, 6.07) is 8.06. The molecule has 1 saturated carbocycles. The lowest BCUT2D eigenvalue weighted by Gasteiger charge is -2.27. The molecular formula is C19H24N2O3. The molecule has 1 aromatic rings. The highest BCUT2D eigenvalue weighted by Gasteiger charge is 2.44. The summed E-state index contributed by atoms with van der Waals surface area (Å²) in [7, 11) is 0. The third-order valence-corrected chi connectivity index (χ3v) is 5.98. The van der Waals surface area contributed by atoms with Crippen LogP contribution in [0.2, 0.25) is 0 Å². The largest absolute Gasteiger partial charge is 0.393 e. The Bertz CT molecular complexity index is 660. The maximum absolute atomic E-state index is 12.5. The summed E-state index contributed by atoms with van der Waals surface area (Å²) in [5, 5.41) is 12.9. The first-order chi connectivity index (χ1) is 11.6. The molecule has 2 N–H and O–H groups in total. The Kier molecular flexibility index (Phi) is 4.04. The molecule has 1 aliphatic heterocycles. The number of likely N-dealkylation sites (tertiary alicyclic amines) is 1. The van der Waals surface area contributed by atoms with Gasteiger partial charge in [0.25, 0.3) is 0 Å². The minimum Gasteiger partial charge on any atom is -0.393 e. The Morgan fingerprint density at radius 2 is 1.96 bits per heavy atom. The van der Waals surface area contributed by atoms with E-state index in [1.807, 2.05) is 18.2 Å². The van der Waals surface area contributed by atoms with E-state index in [0.29, 0.717) is 19.0 Å². The third kappa shape index (κ3) is 2.71. The van der Waals surface area contributed by atoms with Gasteiger partial charge in [0.05, 0.1) is 12.1 Å². The molecule has 4 rings (SSSR count). The van der Waals surface area contributed by atoms with E-state index in [4.69, 9.17) is 0 Å². The second-order valence-electron chi connectivity index (χ2n) is 7.40. The summed E-state index contributed by atoms with van der Waals surface area (Å²) >= 11 is 0. The van der Waals surface area contributed by atoms with Gasteiger partial charge in [0, 0.05) is 19.0 Å². The molecule has 3 aliphatic rings. The topological polar surface area (TPSA) is 69.6 Å². The molecule has 2 fully saturated rings. The van der Waals surface area contributed by atoms with Crippen LogP contribution in [0, 0.1) is 11.8 Å². The summed E-state index contributed by atoms with van der Waals surface area (Å²) in [5.41, 5.74) is 2.40. The van der Waals surface area contributed by atoms with Gasteiger partial charge >= 0.3 is 11.8 Å². The molecule has 1 heterocycles. The van der Waals surface area contributed by atoms with Crippen molar-refractivity contribution in [2.24, 2.45) is 11.8 Å². The predicted octanol–water partition coefficient (Wildman–Crippen LogP) is 1.41. The first-order valence-electron chi connectivity index (χ1n) is 8.99. The van der Waals surface area contributed by atoms with Crippen LogP contribution in [0.25, 0.3) is 0 Å². The molecule has 128 valence electrons. The van der Waals surface area contributed by atoms with E-state index < -0.39 is 11.8 Å². The van der Waals surface area contributed by atoms with Crippen LogP contribution in [0.5, 0.6) is 0 Å². The van der Waals surface area contributed by atoms with Crippen LogP contribution in [-0.4, -0.2) is 41.0 Å². The lowest BCUT2D eigenvalue weighted by Crippen LogP contribution is -2.44. The zero-order valence-electron chi connectivity index (χ0n) is 13.8. The predicted molar refractivity (Wildman–Crippen MR) is 89.1 cm³/mol. The molecule has 5 heteroatoms. The highest BCUT2D eigenvalue weighted by molar-refractivity contribution is 6.35.